The number of benzene rings is 2. The highest BCUT2D eigenvalue weighted by atomic mass is 19.1. The minimum atomic E-state index is -0.641. The van der Waals surface area contributed by atoms with E-state index in [1.165, 1.54) is 16.8 Å². The lowest BCUT2D eigenvalue weighted by Gasteiger charge is -2.07. The van der Waals surface area contributed by atoms with Gasteiger partial charge in [0.15, 0.2) is 0 Å². The fourth-order valence-corrected chi connectivity index (χ4v) is 2.33. The van der Waals surface area contributed by atoms with Gasteiger partial charge in [-0.1, -0.05) is 18.2 Å². The summed E-state index contributed by atoms with van der Waals surface area (Å²) in [6.45, 7) is -0.273. The minimum absolute atomic E-state index is 0.242. The third-order valence-corrected chi connectivity index (χ3v) is 3.51. The lowest BCUT2D eigenvalue weighted by molar-refractivity contribution is -0.117. The second-order valence-electron chi connectivity index (χ2n) is 5.32. The van der Waals surface area contributed by atoms with Crippen molar-refractivity contribution in [3.05, 3.63) is 72.2 Å². The van der Waals surface area contributed by atoms with Crippen LogP contribution in [-0.4, -0.2) is 28.1 Å². The van der Waals surface area contributed by atoms with Crippen molar-refractivity contribution in [1.29, 1.82) is 0 Å². The van der Waals surface area contributed by atoms with E-state index in [-0.39, 0.29) is 18.1 Å². The molecule has 1 aromatic heterocycles. The van der Waals surface area contributed by atoms with Gasteiger partial charge in [-0.15, -0.1) is 0 Å². The molecule has 2 aromatic carbocycles. The lowest BCUT2D eigenvalue weighted by Crippen LogP contribution is -2.34. The Bertz CT molecular complexity index is 905. The molecule has 0 aliphatic carbocycles. The number of carbonyl (C=O) groups is 2. The first-order chi connectivity index (χ1) is 12.0. The van der Waals surface area contributed by atoms with Gasteiger partial charge < -0.3 is 11.1 Å². The van der Waals surface area contributed by atoms with Crippen LogP contribution in [0.15, 0.2) is 60.7 Å². The number of carbonyl (C=O) groups excluding carboxylic acids is 2. The Balaban J connectivity index is 2.03. The molecule has 0 bridgehead atoms. The van der Waals surface area contributed by atoms with Gasteiger partial charge >= 0.3 is 0 Å². The molecule has 0 saturated heterocycles. The van der Waals surface area contributed by atoms with Crippen LogP contribution in [0.5, 0.6) is 0 Å². The number of amides is 2. The molecule has 6 nitrogen and oxygen atoms in total. The number of halogens is 1. The normalized spacial score (nSPS) is 10.4. The Labute approximate surface area is 143 Å². The van der Waals surface area contributed by atoms with Gasteiger partial charge in [0.2, 0.25) is 5.91 Å². The van der Waals surface area contributed by atoms with Crippen molar-refractivity contribution < 1.29 is 14.0 Å². The zero-order valence-corrected chi connectivity index (χ0v) is 13.1. The zero-order chi connectivity index (χ0) is 17.8. The van der Waals surface area contributed by atoms with Gasteiger partial charge in [-0.3, -0.25) is 9.59 Å². The molecule has 0 atom stereocenters. The van der Waals surface area contributed by atoms with Crippen LogP contribution in [-0.2, 0) is 4.79 Å². The molecule has 0 fully saturated rings. The zero-order valence-electron chi connectivity index (χ0n) is 13.1. The number of primary amides is 1. The van der Waals surface area contributed by atoms with Crippen molar-refractivity contribution in [2.75, 3.05) is 6.54 Å². The van der Waals surface area contributed by atoms with E-state index in [9.17, 15) is 14.0 Å². The number of aromatic nitrogens is 2. The maximum absolute atomic E-state index is 13.1. The van der Waals surface area contributed by atoms with E-state index < -0.39 is 11.8 Å². The topological polar surface area (TPSA) is 90.0 Å². The van der Waals surface area contributed by atoms with Crippen LogP contribution in [0.3, 0.4) is 0 Å². The van der Waals surface area contributed by atoms with Gasteiger partial charge in [0.1, 0.15) is 11.5 Å². The number of nitrogens with two attached hydrogens (primary N) is 1. The number of nitrogens with zero attached hydrogens (tertiary/aromatic N) is 2. The maximum Gasteiger partial charge on any atom is 0.270 e. The molecule has 2 amide bonds. The molecule has 0 radical (unpaired) electrons. The van der Waals surface area contributed by atoms with Crippen LogP contribution >= 0.6 is 0 Å². The maximum atomic E-state index is 13.1. The van der Waals surface area contributed by atoms with Crippen molar-refractivity contribution in [2.24, 2.45) is 5.73 Å². The molecular weight excluding hydrogens is 323 g/mol. The third kappa shape index (κ3) is 3.72. The molecule has 0 saturated carbocycles. The third-order valence-electron chi connectivity index (χ3n) is 3.51. The Hall–Kier alpha value is -3.48. The van der Waals surface area contributed by atoms with Crippen molar-refractivity contribution in [3.63, 3.8) is 0 Å². The standard InChI is InChI=1S/C18H15FN4O2/c19-13-8-6-12(7-9-13)15-10-16(18(25)21-11-17(20)24)23(22-15)14-4-2-1-3-5-14/h1-10H,11H2,(H2,20,24)(H,21,25). The number of rotatable bonds is 5. The van der Waals surface area contributed by atoms with Crippen LogP contribution < -0.4 is 11.1 Å². The second kappa shape index (κ2) is 6.96. The number of nitrogens with one attached hydrogen (secondary N) is 1. The van der Waals surface area contributed by atoms with E-state index in [1.807, 2.05) is 18.2 Å². The summed E-state index contributed by atoms with van der Waals surface area (Å²) in [6.07, 6.45) is 0. The summed E-state index contributed by atoms with van der Waals surface area (Å²) in [6, 6.07) is 16.5. The fourth-order valence-electron chi connectivity index (χ4n) is 2.33. The fraction of sp³-hybridized carbons (Fsp3) is 0.0556. The molecule has 0 unspecified atom stereocenters. The van der Waals surface area contributed by atoms with Gasteiger partial charge in [-0.2, -0.15) is 5.10 Å². The van der Waals surface area contributed by atoms with Crippen LogP contribution in [0.4, 0.5) is 4.39 Å². The minimum Gasteiger partial charge on any atom is -0.368 e. The van der Waals surface area contributed by atoms with E-state index >= 15 is 0 Å². The molecule has 126 valence electrons. The summed E-state index contributed by atoms with van der Waals surface area (Å²) < 4.78 is 14.6. The van der Waals surface area contributed by atoms with E-state index in [0.29, 0.717) is 16.9 Å². The van der Waals surface area contributed by atoms with Gasteiger partial charge in [0, 0.05) is 5.56 Å². The van der Waals surface area contributed by atoms with E-state index in [1.54, 1.807) is 30.3 Å². The van der Waals surface area contributed by atoms with Crippen molar-refractivity contribution in [3.8, 4) is 16.9 Å². The number of hydrogen-bond donors (Lipinski definition) is 2. The average molecular weight is 338 g/mol. The van der Waals surface area contributed by atoms with Gasteiger partial charge in [-0.05, 0) is 42.5 Å². The summed E-state index contributed by atoms with van der Waals surface area (Å²) in [7, 11) is 0. The SMILES string of the molecule is NC(=O)CNC(=O)c1cc(-c2ccc(F)cc2)nn1-c1ccccc1. The quantitative estimate of drug-likeness (QED) is 0.744. The first-order valence-electron chi connectivity index (χ1n) is 7.52. The largest absolute Gasteiger partial charge is 0.368 e. The highest BCUT2D eigenvalue weighted by Gasteiger charge is 2.17. The molecule has 1 heterocycles. The molecule has 3 rings (SSSR count). The Kier molecular flexibility index (Phi) is 4.56. The summed E-state index contributed by atoms with van der Waals surface area (Å²) in [5.74, 6) is -1.48. The van der Waals surface area contributed by atoms with Crippen LogP contribution in [0.2, 0.25) is 0 Å². The Morgan fingerprint density at radius 1 is 1.08 bits per heavy atom. The molecule has 0 aliphatic rings. The average Bonchev–Trinajstić information content (AvgIpc) is 3.06. The van der Waals surface area contributed by atoms with E-state index in [2.05, 4.69) is 10.4 Å². The first kappa shape index (κ1) is 16.4. The van der Waals surface area contributed by atoms with Crippen molar-refractivity contribution >= 4 is 11.8 Å². The van der Waals surface area contributed by atoms with Gasteiger partial charge in [-0.25, -0.2) is 9.07 Å². The van der Waals surface area contributed by atoms with Gasteiger partial charge in [0.25, 0.3) is 5.91 Å². The van der Waals surface area contributed by atoms with Crippen molar-refractivity contribution in [2.45, 2.75) is 0 Å². The molecule has 25 heavy (non-hydrogen) atoms. The molecule has 3 aromatic rings. The Morgan fingerprint density at radius 2 is 1.76 bits per heavy atom. The van der Waals surface area contributed by atoms with Crippen LogP contribution in [0.25, 0.3) is 16.9 Å². The monoisotopic (exact) mass is 338 g/mol. The van der Waals surface area contributed by atoms with E-state index in [0.717, 1.165) is 0 Å². The summed E-state index contributed by atoms with van der Waals surface area (Å²) >= 11 is 0. The molecule has 0 spiro atoms. The summed E-state index contributed by atoms with van der Waals surface area (Å²) in [5.41, 5.74) is 7.16. The highest BCUT2D eigenvalue weighted by molar-refractivity contribution is 5.96. The summed E-state index contributed by atoms with van der Waals surface area (Å²) in [4.78, 5) is 23.3. The van der Waals surface area contributed by atoms with Gasteiger partial charge in [0.05, 0.1) is 17.9 Å². The second-order valence-corrected chi connectivity index (χ2v) is 5.32. The van der Waals surface area contributed by atoms with E-state index in [4.69, 9.17) is 5.73 Å². The molecule has 3 N–H and O–H groups in total. The lowest BCUT2D eigenvalue weighted by atomic mass is 10.1. The van der Waals surface area contributed by atoms with Crippen LogP contribution in [0, 0.1) is 5.82 Å². The van der Waals surface area contributed by atoms with Crippen molar-refractivity contribution in [1.82, 2.24) is 15.1 Å². The Morgan fingerprint density at radius 3 is 2.40 bits per heavy atom. The highest BCUT2D eigenvalue weighted by Crippen LogP contribution is 2.22. The number of hydrogen-bond acceptors (Lipinski definition) is 3. The molecule has 7 heteroatoms. The predicted octanol–water partition coefficient (Wildman–Crippen LogP) is 1.89. The predicted molar refractivity (Wildman–Crippen MR) is 90.5 cm³/mol. The van der Waals surface area contributed by atoms with Crippen LogP contribution in [0.1, 0.15) is 10.5 Å². The summed E-state index contributed by atoms with van der Waals surface area (Å²) in [5, 5.41) is 6.89. The molecule has 0 aliphatic heterocycles. The number of para-hydroxylation sites is 1. The smallest absolute Gasteiger partial charge is 0.270 e. The molecular formula is C18H15FN4O2. The first-order valence-corrected chi connectivity index (χ1v) is 7.52.